The van der Waals surface area contributed by atoms with Gasteiger partial charge in [0.2, 0.25) is 5.95 Å². The Balaban J connectivity index is 0.00000167. The van der Waals surface area contributed by atoms with E-state index in [1.165, 1.54) is 28.7 Å². The van der Waals surface area contributed by atoms with E-state index in [1.807, 2.05) is 0 Å². The molecule has 0 spiro atoms. The molecule has 12 nitrogen and oxygen atoms in total. The molecule has 1 fully saturated rings. The van der Waals surface area contributed by atoms with Crippen LogP contribution in [-0.4, -0.2) is 84.3 Å². The molecule has 0 aliphatic carbocycles. The molecule has 0 bridgehead atoms. The van der Waals surface area contributed by atoms with Gasteiger partial charge in [-0.2, -0.15) is 18.4 Å². The summed E-state index contributed by atoms with van der Waals surface area (Å²) in [5.74, 6) is -0.206. The zero-order valence-corrected chi connectivity index (χ0v) is 27.1. The molecule has 256 valence electrons. The van der Waals surface area contributed by atoms with E-state index in [4.69, 9.17) is 19.4 Å². The Morgan fingerprint density at radius 1 is 1.23 bits per heavy atom. The summed E-state index contributed by atoms with van der Waals surface area (Å²) in [6.45, 7) is 4.50. The molecule has 15 heteroatoms. The molecular formula is C33H38F3N6O6+. The number of quaternary nitrogens is 1. The Bertz CT molecular complexity index is 1770. The van der Waals surface area contributed by atoms with Crippen molar-refractivity contribution in [3.05, 3.63) is 86.5 Å². The number of likely N-dealkylation sites (N-methyl/N-ethyl adjacent to an activating group) is 1. The number of nitrogens with one attached hydrogen (secondary N) is 1. The number of alkyl halides is 3. The van der Waals surface area contributed by atoms with Crippen LogP contribution in [0.4, 0.5) is 24.8 Å². The second-order valence-electron chi connectivity index (χ2n) is 12.3. The summed E-state index contributed by atoms with van der Waals surface area (Å²) < 4.78 is 53.6. The van der Waals surface area contributed by atoms with Crippen LogP contribution in [0.15, 0.2) is 58.5 Å². The number of anilines is 2. The summed E-state index contributed by atoms with van der Waals surface area (Å²) in [6.07, 6.45) is -2.08. The Labute approximate surface area is 275 Å². The third-order valence-electron chi connectivity index (χ3n) is 8.63. The third-order valence-corrected chi connectivity index (χ3v) is 8.63. The van der Waals surface area contributed by atoms with Crippen LogP contribution in [-0.2, 0) is 31.7 Å². The molecule has 2 aliphatic heterocycles. The summed E-state index contributed by atoms with van der Waals surface area (Å²) in [5, 5.41) is 23.2. The van der Waals surface area contributed by atoms with Gasteiger partial charge in [-0.25, -0.2) is 19.3 Å². The topological polar surface area (TPSA) is 151 Å². The lowest BCUT2D eigenvalue weighted by atomic mass is 9.88. The highest BCUT2D eigenvalue weighted by Crippen LogP contribution is 2.43. The van der Waals surface area contributed by atoms with Crippen molar-refractivity contribution >= 4 is 24.1 Å². The normalized spacial score (nSPS) is 16.8. The number of esters is 1. The number of nitrogens with zero attached hydrogens (tertiary/aromatic N) is 5. The summed E-state index contributed by atoms with van der Waals surface area (Å²) in [4.78, 5) is 36.6. The standard InChI is InChI=1S/C32H35F3N6O4.CH2O2/c1-20-27(29(42)44-4)28(40-30(37-38-31(40)43)39(20)25-7-5-6-24(17-25)32(33,34)35)26-9-8-22(18-36)16-23(26)10-13-41(2,3)19-21-11-14-45-15-12-21;2-1-3/h5-9,16-17,21,28H,10-15,19H2,1-4H3;1H,(H,2,3)/p+1/t28-;/m1./s1. The van der Waals surface area contributed by atoms with E-state index in [0.29, 0.717) is 34.5 Å². The lowest BCUT2D eigenvalue weighted by Gasteiger charge is -2.37. The molecule has 1 atom stereocenters. The van der Waals surface area contributed by atoms with Crippen molar-refractivity contribution in [2.75, 3.05) is 52.4 Å². The van der Waals surface area contributed by atoms with E-state index in [9.17, 15) is 28.0 Å². The number of nitriles is 1. The van der Waals surface area contributed by atoms with Crippen molar-refractivity contribution in [3.63, 3.8) is 0 Å². The minimum absolute atomic E-state index is 0.0143. The van der Waals surface area contributed by atoms with Crippen LogP contribution < -0.4 is 10.6 Å². The first-order valence-corrected chi connectivity index (χ1v) is 15.2. The average molecular weight is 672 g/mol. The fourth-order valence-corrected chi connectivity index (χ4v) is 6.38. The van der Waals surface area contributed by atoms with Gasteiger partial charge in [-0.1, -0.05) is 12.1 Å². The summed E-state index contributed by atoms with van der Waals surface area (Å²) in [7, 11) is 5.51. The van der Waals surface area contributed by atoms with E-state index in [1.54, 1.807) is 25.1 Å². The number of carboxylic acid groups (broad SMARTS) is 1. The number of H-pyrrole nitrogens is 1. The number of fused-ring (bicyclic) bond motifs is 1. The molecule has 1 aromatic heterocycles. The maximum atomic E-state index is 13.7. The molecule has 2 aromatic carbocycles. The molecule has 2 aliphatic rings. The number of carbonyl (C=O) groups is 2. The van der Waals surface area contributed by atoms with Gasteiger partial charge in [0.25, 0.3) is 6.47 Å². The van der Waals surface area contributed by atoms with Crippen molar-refractivity contribution < 1.29 is 41.8 Å². The van der Waals surface area contributed by atoms with E-state index < -0.39 is 29.4 Å². The molecule has 48 heavy (non-hydrogen) atoms. The Morgan fingerprint density at radius 3 is 2.54 bits per heavy atom. The number of benzene rings is 2. The third kappa shape index (κ3) is 7.77. The summed E-state index contributed by atoms with van der Waals surface area (Å²) in [6, 6.07) is 10.8. The second kappa shape index (κ2) is 14.9. The Hall–Kier alpha value is -4.94. The van der Waals surface area contributed by atoms with Crippen LogP contribution in [0.5, 0.6) is 0 Å². The molecule has 2 N–H and O–H groups in total. The summed E-state index contributed by atoms with van der Waals surface area (Å²) >= 11 is 0. The first kappa shape index (κ1) is 35.9. The average Bonchev–Trinajstić information content (AvgIpc) is 3.43. The van der Waals surface area contributed by atoms with Gasteiger partial charge in [-0.3, -0.25) is 9.69 Å². The highest BCUT2D eigenvalue weighted by Gasteiger charge is 2.41. The van der Waals surface area contributed by atoms with Gasteiger partial charge >= 0.3 is 17.8 Å². The van der Waals surface area contributed by atoms with Crippen molar-refractivity contribution in [2.24, 2.45) is 5.92 Å². The van der Waals surface area contributed by atoms with Crippen molar-refractivity contribution in [1.29, 1.82) is 5.26 Å². The summed E-state index contributed by atoms with van der Waals surface area (Å²) in [5.41, 5.74) is 0.601. The Morgan fingerprint density at radius 2 is 1.92 bits per heavy atom. The maximum Gasteiger partial charge on any atom is 0.416 e. The number of allylic oxidation sites excluding steroid dienone is 1. The first-order valence-electron chi connectivity index (χ1n) is 15.2. The van der Waals surface area contributed by atoms with Gasteiger partial charge in [0.1, 0.15) is 6.04 Å². The number of hydrogen-bond acceptors (Lipinski definition) is 8. The fourth-order valence-electron chi connectivity index (χ4n) is 6.38. The molecule has 0 saturated carbocycles. The van der Waals surface area contributed by atoms with Gasteiger partial charge in [-0.05, 0) is 61.2 Å². The monoisotopic (exact) mass is 671 g/mol. The predicted octanol–water partition coefficient (Wildman–Crippen LogP) is 4.40. The van der Waals surface area contributed by atoms with Crippen LogP contribution in [0.1, 0.15) is 48.1 Å². The van der Waals surface area contributed by atoms with Crippen LogP contribution in [0.2, 0.25) is 0 Å². The van der Waals surface area contributed by atoms with E-state index in [2.05, 4.69) is 30.4 Å². The molecule has 5 rings (SSSR count). The molecule has 0 unspecified atom stereocenters. The molecule has 0 amide bonds. The molecule has 3 aromatic rings. The van der Waals surface area contributed by atoms with Crippen molar-refractivity contribution in [3.8, 4) is 6.07 Å². The number of ether oxygens (including phenoxy) is 2. The number of hydrogen-bond donors (Lipinski definition) is 2. The molecule has 0 radical (unpaired) electrons. The van der Waals surface area contributed by atoms with Gasteiger partial charge in [0, 0.05) is 36.9 Å². The highest BCUT2D eigenvalue weighted by molar-refractivity contribution is 5.93. The number of halogens is 3. The van der Waals surface area contributed by atoms with E-state index in [-0.39, 0.29) is 29.4 Å². The minimum atomic E-state index is -4.61. The number of methoxy groups -OCH3 is 1. The zero-order valence-electron chi connectivity index (χ0n) is 27.1. The quantitative estimate of drug-likeness (QED) is 0.202. The van der Waals surface area contributed by atoms with Crippen LogP contribution in [0.25, 0.3) is 0 Å². The zero-order chi connectivity index (χ0) is 35.2. The predicted molar refractivity (Wildman–Crippen MR) is 168 cm³/mol. The minimum Gasteiger partial charge on any atom is -0.483 e. The lowest BCUT2D eigenvalue weighted by Crippen LogP contribution is -2.46. The fraction of sp³-hybridized carbons (Fsp3) is 0.424. The van der Waals surface area contributed by atoms with Gasteiger partial charge in [-0.15, -0.1) is 5.10 Å². The number of carbonyl (C=O) groups excluding carboxylic acids is 1. The van der Waals surface area contributed by atoms with Gasteiger partial charge in [0.15, 0.2) is 0 Å². The van der Waals surface area contributed by atoms with E-state index >= 15 is 0 Å². The van der Waals surface area contributed by atoms with Crippen molar-refractivity contribution in [1.82, 2.24) is 14.8 Å². The van der Waals surface area contributed by atoms with Crippen LogP contribution in [0.3, 0.4) is 0 Å². The number of rotatable bonds is 8. The van der Waals surface area contributed by atoms with Crippen molar-refractivity contribution in [2.45, 2.75) is 38.4 Å². The molecular weight excluding hydrogens is 633 g/mol. The van der Waals surface area contributed by atoms with E-state index in [0.717, 1.165) is 50.3 Å². The maximum absolute atomic E-state index is 13.7. The second-order valence-corrected chi connectivity index (χ2v) is 12.3. The lowest BCUT2D eigenvalue weighted by molar-refractivity contribution is -0.893. The van der Waals surface area contributed by atoms with Crippen LogP contribution in [0, 0.1) is 17.2 Å². The molecule has 1 saturated heterocycles. The first-order chi connectivity index (χ1) is 22.8. The number of aromatic nitrogens is 3. The largest absolute Gasteiger partial charge is 0.483 e. The molecule has 3 heterocycles. The van der Waals surface area contributed by atoms with Gasteiger partial charge in [0.05, 0.1) is 57.1 Å². The Kier molecular flexibility index (Phi) is 11.1. The van der Waals surface area contributed by atoms with Gasteiger partial charge < -0.3 is 19.1 Å². The van der Waals surface area contributed by atoms with Crippen LogP contribution >= 0.6 is 0 Å². The smallest absolute Gasteiger partial charge is 0.416 e. The SMILES string of the molecule is COC(=O)C1=C(C)N(c2cccc(C(F)(F)F)c2)c2n[nH]c(=O)n2[C@@H]1c1ccc(C#N)cc1CC[N+](C)(C)CC1CCOCC1.O=CO. The number of aromatic amines is 1. The highest BCUT2D eigenvalue weighted by atomic mass is 19.4.